The van der Waals surface area contributed by atoms with Crippen LogP contribution in [0.5, 0.6) is 0 Å². The standard InChI is InChI=1S/C11H11IN4/c1-7-3-2-4-9(11(13)14)10(7)16-6-8(12)5-15-16/h2-6H,1H3,(H3,13,14). The normalized spacial score (nSPS) is 10.4. The largest absolute Gasteiger partial charge is 0.384 e. The highest BCUT2D eigenvalue weighted by Crippen LogP contribution is 2.19. The van der Waals surface area contributed by atoms with Crippen LogP contribution in [0.25, 0.3) is 5.69 Å². The molecule has 82 valence electrons. The predicted molar refractivity (Wildman–Crippen MR) is 72.0 cm³/mol. The Labute approximate surface area is 107 Å². The molecule has 2 aromatic rings. The average molecular weight is 326 g/mol. The first-order valence-corrected chi connectivity index (χ1v) is 5.82. The van der Waals surface area contributed by atoms with E-state index in [-0.39, 0.29) is 5.84 Å². The topological polar surface area (TPSA) is 67.7 Å². The number of halogens is 1. The Morgan fingerprint density at radius 3 is 2.81 bits per heavy atom. The zero-order valence-electron chi connectivity index (χ0n) is 8.74. The summed E-state index contributed by atoms with van der Waals surface area (Å²) in [6.07, 6.45) is 3.69. The fourth-order valence-electron chi connectivity index (χ4n) is 1.60. The van der Waals surface area contributed by atoms with Crippen molar-refractivity contribution in [1.82, 2.24) is 9.78 Å². The maximum absolute atomic E-state index is 7.56. The first-order chi connectivity index (χ1) is 7.59. The van der Waals surface area contributed by atoms with E-state index >= 15 is 0 Å². The summed E-state index contributed by atoms with van der Waals surface area (Å²) in [6.45, 7) is 1.98. The van der Waals surface area contributed by atoms with Crippen molar-refractivity contribution in [3.05, 3.63) is 45.3 Å². The van der Waals surface area contributed by atoms with Gasteiger partial charge in [-0.1, -0.05) is 12.1 Å². The molecule has 1 heterocycles. The number of aromatic nitrogens is 2. The highest BCUT2D eigenvalue weighted by molar-refractivity contribution is 14.1. The lowest BCUT2D eigenvalue weighted by molar-refractivity contribution is 0.870. The fourth-order valence-corrected chi connectivity index (χ4v) is 1.99. The lowest BCUT2D eigenvalue weighted by Crippen LogP contribution is -2.15. The summed E-state index contributed by atoms with van der Waals surface area (Å²) in [5.74, 6) is 0.0595. The molecule has 1 aromatic heterocycles. The minimum atomic E-state index is 0.0595. The van der Waals surface area contributed by atoms with Gasteiger partial charge in [-0.25, -0.2) is 4.68 Å². The molecule has 0 saturated heterocycles. The second kappa shape index (κ2) is 4.25. The number of rotatable bonds is 2. The monoisotopic (exact) mass is 326 g/mol. The van der Waals surface area contributed by atoms with Crippen LogP contribution < -0.4 is 5.73 Å². The summed E-state index contributed by atoms with van der Waals surface area (Å²) in [5.41, 5.74) is 8.20. The van der Waals surface area contributed by atoms with Gasteiger partial charge < -0.3 is 5.73 Å². The van der Waals surface area contributed by atoms with Crippen molar-refractivity contribution in [2.75, 3.05) is 0 Å². The predicted octanol–water partition coefficient (Wildman–Crippen LogP) is 2.07. The number of amidine groups is 1. The van der Waals surface area contributed by atoms with Crippen LogP contribution in [0.15, 0.2) is 30.6 Å². The summed E-state index contributed by atoms with van der Waals surface area (Å²) in [5, 5.41) is 11.8. The van der Waals surface area contributed by atoms with Gasteiger partial charge in [0.05, 0.1) is 15.5 Å². The zero-order valence-corrected chi connectivity index (χ0v) is 10.9. The molecular weight excluding hydrogens is 315 g/mol. The van der Waals surface area contributed by atoms with Gasteiger partial charge in [0.25, 0.3) is 0 Å². The van der Waals surface area contributed by atoms with Crippen LogP contribution in [0.3, 0.4) is 0 Å². The Balaban J connectivity index is 2.67. The van der Waals surface area contributed by atoms with E-state index < -0.39 is 0 Å². The van der Waals surface area contributed by atoms with E-state index in [0.29, 0.717) is 5.56 Å². The molecule has 0 aliphatic heterocycles. The molecule has 1 aromatic carbocycles. The average Bonchev–Trinajstić information content (AvgIpc) is 2.64. The van der Waals surface area contributed by atoms with Gasteiger partial charge in [-0.2, -0.15) is 5.10 Å². The first kappa shape index (κ1) is 11.1. The molecule has 4 nitrogen and oxygen atoms in total. The van der Waals surface area contributed by atoms with E-state index in [1.54, 1.807) is 10.9 Å². The van der Waals surface area contributed by atoms with Crippen LogP contribution in [0, 0.1) is 15.9 Å². The first-order valence-electron chi connectivity index (χ1n) is 4.74. The van der Waals surface area contributed by atoms with Crippen molar-refractivity contribution in [3.8, 4) is 5.69 Å². The van der Waals surface area contributed by atoms with E-state index in [0.717, 1.165) is 14.8 Å². The number of nitrogens with zero attached hydrogens (tertiary/aromatic N) is 2. The van der Waals surface area contributed by atoms with Crippen LogP contribution in [-0.2, 0) is 0 Å². The Hall–Kier alpha value is -1.37. The third-order valence-electron chi connectivity index (χ3n) is 2.31. The second-order valence-electron chi connectivity index (χ2n) is 3.49. The molecule has 0 saturated carbocycles. The van der Waals surface area contributed by atoms with Gasteiger partial charge in [0, 0.05) is 11.8 Å². The molecular formula is C11H11IN4. The number of nitrogens with two attached hydrogens (primary N) is 1. The lowest BCUT2D eigenvalue weighted by atomic mass is 10.1. The molecule has 0 aliphatic carbocycles. The van der Waals surface area contributed by atoms with Crippen LogP contribution in [0.1, 0.15) is 11.1 Å². The van der Waals surface area contributed by atoms with Gasteiger partial charge in [0.2, 0.25) is 0 Å². The summed E-state index contributed by atoms with van der Waals surface area (Å²) < 4.78 is 2.81. The van der Waals surface area contributed by atoms with Gasteiger partial charge in [-0.15, -0.1) is 0 Å². The quantitative estimate of drug-likeness (QED) is 0.504. The summed E-state index contributed by atoms with van der Waals surface area (Å²) >= 11 is 2.20. The van der Waals surface area contributed by atoms with Crippen LogP contribution in [0.4, 0.5) is 0 Å². The van der Waals surface area contributed by atoms with E-state index in [1.807, 2.05) is 31.3 Å². The highest BCUT2D eigenvalue weighted by Gasteiger charge is 2.10. The Kier molecular flexibility index (Phi) is 2.95. The number of benzene rings is 1. The summed E-state index contributed by atoms with van der Waals surface area (Å²) in [7, 11) is 0. The van der Waals surface area contributed by atoms with Crippen LogP contribution in [0.2, 0.25) is 0 Å². The Morgan fingerprint density at radius 1 is 1.50 bits per heavy atom. The van der Waals surface area contributed by atoms with Gasteiger partial charge >= 0.3 is 0 Å². The molecule has 0 radical (unpaired) electrons. The highest BCUT2D eigenvalue weighted by atomic mass is 127. The Bertz CT molecular complexity index is 545. The van der Waals surface area contributed by atoms with E-state index in [2.05, 4.69) is 27.7 Å². The van der Waals surface area contributed by atoms with E-state index in [4.69, 9.17) is 11.1 Å². The molecule has 0 aliphatic rings. The molecule has 0 bridgehead atoms. The van der Waals surface area contributed by atoms with Gasteiger partial charge in [0.15, 0.2) is 0 Å². The number of para-hydroxylation sites is 1. The molecule has 16 heavy (non-hydrogen) atoms. The minimum Gasteiger partial charge on any atom is -0.384 e. The molecule has 3 N–H and O–H groups in total. The third kappa shape index (κ3) is 1.95. The van der Waals surface area contributed by atoms with E-state index in [1.165, 1.54) is 0 Å². The van der Waals surface area contributed by atoms with Gasteiger partial charge in [0.1, 0.15) is 5.84 Å². The van der Waals surface area contributed by atoms with Crippen LogP contribution in [-0.4, -0.2) is 15.6 Å². The molecule has 0 spiro atoms. The fraction of sp³-hybridized carbons (Fsp3) is 0.0909. The van der Waals surface area contributed by atoms with E-state index in [9.17, 15) is 0 Å². The minimum absolute atomic E-state index is 0.0595. The number of hydrogen-bond acceptors (Lipinski definition) is 2. The van der Waals surface area contributed by atoms with Crippen LogP contribution >= 0.6 is 22.6 Å². The summed E-state index contributed by atoms with van der Waals surface area (Å²) in [4.78, 5) is 0. The molecule has 5 heteroatoms. The molecule has 2 rings (SSSR count). The number of nitrogens with one attached hydrogen (secondary N) is 1. The van der Waals surface area contributed by atoms with Crippen molar-refractivity contribution >= 4 is 28.4 Å². The summed E-state index contributed by atoms with van der Waals surface area (Å²) in [6, 6.07) is 5.71. The molecule has 0 unspecified atom stereocenters. The second-order valence-corrected chi connectivity index (χ2v) is 4.73. The van der Waals surface area contributed by atoms with Crippen molar-refractivity contribution in [2.45, 2.75) is 6.92 Å². The Morgan fingerprint density at radius 2 is 2.25 bits per heavy atom. The molecule has 0 fully saturated rings. The SMILES string of the molecule is Cc1cccc(C(=N)N)c1-n1cc(I)cn1. The molecule has 0 amide bonds. The maximum atomic E-state index is 7.56. The third-order valence-corrected chi connectivity index (χ3v) is 2.87. The number of hydrogen-bond donors (Lipinski definition) is 2. The van der Waals surface area contributed by atoms with Crippen molar-refractivity contribution in [1.29, 1.82) is 5.41 Å². The van der Waals surface area contributed by atoms with Gasteiger partial charge in [-0.3, -0.25) is 5.41 Å². The lowest BCUT2D eigenvalue weighted by Gasteiger charge is -2.11. The zero-order chi connectivity index (χ0) is 11.7. The number of aryl methyl sites for hydroxylation is 1. The number of nitrogen functional groups attached to an aromatic ring is 1. The van der Waals surface area contributed by atoms with Crippen molar-refractivity contribution in [3.63, 3.8) is 0 Å². The van der Waals surface area contributed by atoms with Gasteiger partial charge in [-0.05, 0) is 41.1 Å². The maximum Gasteiger partial charge on any atom is 0.124 e. The van der Waals surface area contributed by atoms with Crippen molar-refractivity contribution < 1.29 is 0 Å². The molecule has 0 atom stereocenters. The smallest absolute Gasteiger partial charge is 0.124 e. The van der Waals surface area contributed by atoms with Crippen molar-refractivity contribution in [2.24, 2.45) is 5.73 Å².